The number of carbonyl (C=O) groups excluding carboxylic acids is 1. The van der Waals surface area contributed by atoms with Crippen molar-refractivity contribution >= 4 is 39.1 Å². The Kier molecular flexibility index (Phi) is 5.56. The minimum Gasteiger partial charge on any atom is -0.441 e. The number of aryl methyl sites for hydroxylation is 2. The van der Waals surface area contributed by atoms with Crippen molar-refractivity contribution in [2.75, 3.05) is 5.32 Å². The van der Waals surface area contributed by atoms with E-state index in [4.69, 9.17) is 16.0 Å². The van der Waals surface area contributed by atoms with E-state index in [0.717, 1.165) is 21.3 Å². The van der Waals surface area contributed by atoms with Gasteiger partial charge < -0.3 is 9.73 Å². The maximum Gasteiger partial charge on any atom is 0.224 e. The summed E-state index contributed by atoms with van der Waals surface area (Å²) < 4.78 is 6.57. The number of nitrogens with zero attached hydrogens (tertiary/aromatic N) is 1. The van der Waals surface area contributed by atoms with Crippen molar-refractivity contribution in [1.82, 2.24) is 4.98 Å². The van der Waals surface area contributed by atoms with E-state index in [0.29, 0.717) is 29.5 Å². The van der Waals surface area contributed by atoms with Gasteiger partial charge >= 0.3 is 0 Å². The lowest BCUT2D eigenvalue weighted by molar-refractivity contribution is -0.116. The monoisotopic (exact) mass is 418 g/mol. The van der Waals surface area contributed by atoms with Gasteiger partial charge in [0.15, 0.2) is 11.7 Å². The third kappa shape index (κ3) is 4.71. The van der Waals surface area contributed by atoms with Gasteiger partial charge in [-0.25, -0.2) is 4.98 Å². The van der Waals surface area contributed by atoms with Gasteiger partial charge in [0.05, 0.1) is 11.9 Å². The maximum atomic E-state index is 12.1. The van der Waals surface area contributed by atoms with Crippen LogP contribution in [0.1, 0.15) is 17.9 Å². The molecule has 0 atom stereocenters. The van der Waals surface area contributed by atoms with Gasteiger partial charge in [0, 0.05) is 27.9 Å². The SMILES string of the molecule is Cc1ccc(NC(=O)CCc2ncc(-c3ccc(Cl)cc3)o2)c(Br)c1. The van der Waals surface area contributed by atoms with Crippen LogP contribution in [0.4, 0.5) is 5.69 Å². The van der Waals surface area contributed by atoms with Gasteiger partial charge in [-0.05, 0) is 64.8 Å². The van der Waals surface area contributed by atoms with Crippen LogP contribution < -0.4 is 5.32 Å². The third-order valence-corrected chi connectivity index (χ3v) is 4.55. The van der Waals surface area contributed by atoms with Crippen molar-refractivity contribution < 1.29 is 9.21 Å². The van der Waals surface area contributed by atoms with Crippen LogP contribution in [0, 0.1) is 6.92 Å². The van der Waals surface area contributed by atoms with Crippen molar-refractivity contribution in [2.24, 2.45) is 0 Å². The second-order valence-corrected chi connectivity index (χ2v) is 6.95. The van der Waals surface area contributed by atoms with E-state index in [1.807, 2.05) is 37.3 Å². The molecule has 1 amide bonds. The summed E-state index contributed by atoms with van der Waals surface area (Å²) in [6.07, 6.45) is 2.39. The average Bonchev–Trinajstić information content (AvgIpc) is 3.05. The molecule has 0 saturated carbocycles. The van der Waals surface area contributed by atoms with Gasteiger partial charge in [0.1, 0.15) is 0 Å². The highest BCUT2D eigenvalue weighted by atomic mass is 79.9. The van der Waals surface area contributed by atoms with Crippen molar-refractivity contribution in [3.05, 3.63) is 69.6 Å². The number of hydrogen-bond donors (Lipinski definition) is 1. The zero-order valence-electron chi connectivity index (χ0n) is 13.6. The molecular weight excluding hydrogens is 404 g/mol. The average molecular weight is 420 g/mol. The van der Waals surface area contributed by atoms with Crippen LogP contribution in [0.15, 0.2) is 57.6 Å². The van der Waals surface area contributed by atoms with E-state index in [-0.39, 0.29) is 5.91 Å². The van der Waals surface area contributed by atoms with E-state index in [1.54, 1.807) is 18.3 Å². The summed E-state index contributed by atoms with van der Waals surface area (Å²) in [7, 11) is 0. The molecule has 0 spiro atoms. The number of benzene rings is 2. The Labute approximate surface area is 159 Å². The van der Waals surface area contributed by atoms with Crippen molar-refractivity contribution in [2.45, 2.75) is 19.8 Å². The van der Waals surface area contributed by atoms with Crippen LogP contribution in [-0.4, -0.2) is 10.9 Å². The van der Waals surface area contributed by atoms with E-state index >= 15 is 0 Å². The molecule has 25 heavy (non-hydrogen) atoms. The zero-order chi connectivity index (χ0) is 17.8. The molecule has 0 aliphatic rings. The predicted molar refractivity (Wildman–Crippen MR) is 103 cm³/mol. The molecule has 1 aromatic heterocycles. The summed E-state index contributed by atoms with van der Waals surface area (Å²) in [6, 6.07) is 13.1. The topological polar surface area (TPSA) is 55.1 Å². The van der Waals surface area contributed by atoms with Gasteiger partial charge in [-0.2, -0.15) is 0 Å². The molecule has 0 fully saturated rings. The van der Waals surface area contributed by atoms with E-state index in [2.05, 4.69) is 26.2 Å². The Morgan fingerprint density at radius 1 is 1.24 bits per heavy atom. The van der Waals surface area contributed by atoms with Crippen LogP contribution in [0.3, 0.4) is 0 Å². The lowest BCUT2D eigenvalue weighted by Gasteiger charge is -2.07. The third-order valence-electron chi connectivity index (χ3n) is 3.65. The number of carbonyl (C=O) groups is 1. The fraction of sp³-hybridized carbons (Fsp3) is 0.158. The molecule has 0 radical (unpaired) electrons. The number of nitrogens with one attached hydrogen (secondary N) is 1. The Morgan fingerprint density at radius 3 is 2.72 bits per heavy atom. The second-order valence-electron chi connectivity index (χ2n) is 5.66. The summed E-state index contributed by atoms with van der Waals surface area (Å²) in [5, 5.41) is 3.55. The predicted octanol–water partition coefficient (Wildman–Crippen LogP) is 5.64. The number of rotatable bonds is 5. The smallest absolute Gasteiger partial charge is 0.224 e. The molecule has 0 unspecified atom stereocenters. The standard InChI is InChI=1S/C19H16BrClN2O2/c1-12-2-7-16(15(20)10-12)23-18(24)8-9-19-22-11-17(25-19)13-3-5-14(21)6-4-13/h2-7,10-11H,8-9H2,1H3,(H,23,24). The molecule has 3 rings (SSSR count). The van der Waals surface area contributed by atoms with Crippen molar-refractivity contribution in [1.29, 1.82) is 0 Å². The summed E-state index contributed by atoms with van der Waals surface area (Å²) in [4.78, 5) is 16.4. The molecule has 0 saturated heterocycles. The van der Waals surface area contributed by atoms with Crippen LogP contribution in [0.25, 0.3) is 11.3 Å². The minimum atomic E-state index is -0.0872. The fourth-order valence-electron chi connectivity index (χ4n) is 2.33. The summed E-state index contributed by atoms with van der Waals surface area (Å²) >= 11 is 9.33. The van der Waals surface area contributed by atoms with Crippen molar-refractivity contribution in [3.63, 3.8) is 0 Å². The lowest BCUT2D eigenvalue weighted by Crippen LogP contribution is -2.12. The summed E-state index contributed by atoms with van der Waals surface area (Å²) in [6.45, 7) is 2.00. The first kappa shape index (κ1) is 17.7. The van der Waals surface area contributed by atoms with Crippen molar-refractivity contribution in [3.8, 4) is 11.3 Å². The Balaban J connectivity index is 1.58. The number of amides is 1. The normalized spacial score (nSPS) is 10.7. The number of oxazole rings is 1. The number of halogens is 2. The first-order valence-electron chi connectivity index (χ1n) is 7.78. The van der Waals surface area contributed by atoms with E-state index in [1.165, 1.54) is 0 Å². The second kappa shape index (κ2) is 7.85. The minimum absolute atomic E-state index is 0.0872. The number of hydrogen-bond acceptors (Lipinski definition) is 3. The number of aromatic nitrogens is 1. The van der Waals surface area contributed by atoms with E-state index < -0.39 is 0 Å². The molecule has 0 aliphatic carbocycles. The molecule has 0 bridgehead atoms. The fourth-order valence-corrected chi connectivity index (χ4v) is 3.05. The van der Waals surface area contributed by atoms with Gasteiger partial charge in [0.2, 0.25) is 5.91 Å². The largest absolute Gasteiger partial charge is 0.441 e. The summed E-state index contributed by atoms with van der Waals surface area (Å²) in [5.74, 6) is 1.10. The van der Waals surface area contributed by atoms with Gasteiger partial charge in [0.25, 0.3) is 0 Å². The highest BCUT2D eigenvalue weighted by Gasteiger charge is 2.10. The Bertz CT molecular complexity index is 891. The van der Waals surface area contributed by atoms with Crippen LogP contribution in [-0.2, 0) is 11.2 Å². The molecule has 1 N–H and O–H groups in total. The van der Waals surface area contributed by atoms with Crippen LogP contribution in [0.2, 0.25) is 5.02 Å². The van der Waals surface area contributed by atoms with E-state index in [9.17, 15) is 4.79 Å². The molecule has 6 heteroatoms. The molecule has 128 valence electrons. The molecule has 1 heterocycles. The zero-order valence-corrected chi connectivity index (χ0v) is 15.9. The highest BCUT2D eigenvalue weighted by molar-refractivity contribution is 9.10. The summed E-state index contributed by atoms with van der Waals surface area (Å²) in [5.41, 5.74) is 2.78. The molecule has 2 aromatic carbocycles. The molecule has 4 nitrogen and oxygen atoms in total. The van der Waals surface area contributed by atoms with Gasteiger partial charge in [-0.1, -0.05) is 17.7 Å². The first-order valence-corrected chi connectivity index (χ1v) is 8.95. The lowest BCUT2D eigenvalue weighted by atomic mass is 10.2. The Hall–Kier alpha value is -2.11. The number of anilines is 1. The quantitative estimate of drug-likeness (QED) is 0.582. The molecular formula is C19H16BrClN2O2. The van der Waals surface area contributed by atoms with Gasteiger partial charge in [-0.15, -0.1) is 0 Å². The molecule has 3 aromatic rings. The first-order chi connectivity index (χ1) is 12.0. The van der Waals surface area contributed by atoms with Crippen LogP contribution in [0.5, 0.6) is 0 Å². The highest BCUT2D eigenvalue weighted by Crippen LogP contribution is 2.24. The maximum absolute atomic E-state index is 12.1. The van der Waals surface area contributed by atoms with Gasteiger partial charge in [-0.3, -0.25) is 4.79 Å². The Morgan fingerprint density at radius 2 is 2.00 bits per heavy atom. The molecule has 0 aliphatic heterocycles. The van der Waals surface area contributed by atoms with Crippen LogP contribution >= 0.6 is 27.5 Å².